The van der Waals surface area contributed by atoms with Gasteiger partial charge < -0.3 is 4.74 Å². The van der Waals surface area contributed by atoms with Crippen LogP contribution in [0.1, 0.15) is 0 Å². The van der Waals surface area contributed by atoms with Crippen molar-refractivity contribution in [2.45, 2.75) is 11.1 Å². The van der Waals surface area contributed by atoms with Crippen LogP contribution in [-0.2, 0) is 9.05 Å². The molecule has 0 aliphatic rings. The molecule has 0 aromatic heterocycles. The Hall–Kier alpha value is -1.73. The smallest absolute Gasteiger partial charge is 0.422 e. The third kappa shape index (κ3) is 4.64. The molecule has 0 aliphatic carbocycles. The summed E-state index contributed by atoms with van der Waals surface area (Å²) in [5.74, 6) is 0.0982. The molecular formula is C14H10ClF3O3S. The van der Waals surface area contributed by atoms with Gasteiger partial charge >= 0.3 is 6.18 Å². The van der Waals surface area contributed by atoms with Crippen LogP contribution in [0.25, 0.3) is 11.1 Å². The summed E-state index contributed by atoms with van der Waals surface area (Å²) in [5, 5.41) is 0. The van der Waals surface area contributed by atoms with E-state index in [1.54, 1.807) is 24.3 Å². The standard InChI is InChI=1S/C14H10ClF3O3S/c15-22(19,20)13-7-3-11(4-8-13)10-1-5-12(6-2-10)21-9-14(16,17)18/h1-8H,9H2. The molecule has 0 unspecified atom stereocenters. The molecule has 0 N–H and O–H groups in total. The number of hydrogen-bond acceptors (Lipinski definition) is 3. The average molecular weight is 351 g/mol. The lowest BCUT2D eigenvalue weighted by Gasteiger charge is -2.09. The third-order valence-electron chi connectivity index (χ3n) is 2.73. The van der Waals surface area contributed by atoms with Gasteiger partial charge in [-0.3, -0.25) is 0 Å². The van der Waals surface area contributed by atoms with Gasteiger partial charge in [-0.1, -0.05) is 24.3 Å². The Morgan fingerprint density at radius 3 is 1.77 bits per heavy atom. The molecule has 0 radical (unpaired) electrons. The molecule has 0 heterocycles. The maximum absolute atomic E-state index is 12.0. The zero-order chi connectivity index (χ0) is 16.4. The van der Waals surface area contributed by atoms with Crippen LogP contribution in [0, 0.1) is 0 Å². The molecule has 0 saturated carbocycles. The molecule has 118 valence electrons. The lowest BCUT2D eigenvalue weighted by atomic mass is 10.1. The highest BCUT2D eigenvalue weighted by molar-refractivity contribution is 8.13. The minimum absolute atomic E-state index is 0.0250. The predicted octanol–water partition coefficient (Wildman–Crippen LogP) is 4.22. The summed E-state index contributed by atoms with van der Waals surface area (Å²) in [6, 6.07) is 11.8. The number of benzene rings is 2. The van der Waals surface area contributed by atoms with Crippen LogP contribution in [0.4, 0.5) is 13.2 Å². The van der Waals surface area contributed by atoms with E-state index in [4.69, 9.17) is 10.7 Å². The molecule has 8 heteroatoms. The fourth-order valence-electron chi connectivity index (χ4n) is 1.72. The van der Waals surface area contributed by atoms with Crippen LogP contribution in [0.3, 0.4) is 0 Å². The van der Waals surface area contributed by atoms with Crippen LogP contribution >= 0.6 is 10.7 Å². The first-order valence-corrected chi connectivity index (χ1v) is 8.31. The van der Waals surface area contributed by atoms with Crippen LogP contribution < -0.4 is 4.74 Å². The molecule has 3 nitrogen and oxygen atoms in total. The molecule has 2 rings (SSSR count). The Bertz CT molecular complexity index is 738. The van der Waals surface area contributed by atoms with E-state index in [0.29, 0.717) is 11.1 Å². The SMILES string of the molecule is O=S(=O)(Cl)c1ccc(-c2ccc(OCC(F)(F)F)cc2)cc1. The van der Waals surface area contributed by atoms with Gasteiger partial charge in [-0.25, -0.2) is 8.42 Å². The molecule has 0 aliphatic heterocycles. The first-order chi connectivity index (χ1) is 10.1. The van der Waals surface area contributed by atoms with Crippen molar-refractivity contribution >= 4 is 19.7 Å². The minimum Gasteiger partial charge on any atom is -0.484 e. The maximum atomic E-state index is 12.0. The van der Waals surface area contributed by atoms with Crippen LogP contribution in [-0.4, -0.2) is 21.2 Å². The highest BCUT2D eigenvalue weighted by Gasteiger charge is 2.28. The molecule has 22 heavy (non-hydrogen) atoms. The van der Waals surface area contributed by atoms with Crippen molar-refractivity contribution in [2.75, 3.05) is 6.61 Å². The molecule has 2 aromatic carbocycles. The maximum Gasteiger partial charge on any atom is 0.422 e. The van der Waals surface area contributed by atoms with Crippen molar-refractivity contribution in [3.8, 4) is 16.9 Å². The first kappa shape index (κ1) is 16.6. The zero-order valence-electron chi connectivity index (χ0n) is 11.0. The summed E-state index contributed by atoms with van der Waals surface area (Å²) in [6.07, 6.45) is -4.39. The summed E-state index contributed by atoms with van der Waals surface area (Å²) >= 11 is 0. The number of rotatable bonds is 4. The zero-order valence-corrected chi connectivity index (χ0v) is 12.5. The van der Waals surface area contributed by atoms with E-state index in [1.165, 1.54) is 24.3 Å². The summed E-state index contributed by atoms with van der Waals surface area (Å²) in [4.78, 5) is -0.0250. The molecule has 0 atom stereocenters. The van der Waals surface area contributed by atoms with Crippen molar-refractivity contribution in [1.82, 2.24) is 0 Å². The second kappa shape index (κ2) is 6.18. The minimum atomic E-state index is -4.39. The number of halogens is 4. The molecule has 0 fully saturated rings. The Balaban J connectivity index is 2.13. The third-order valence-corrected chi connectivity index (χ3v) is 4.10. The van der Waals surface area contributed by atoms with Gasteiger partial charge in [0, 0.05) is 10.7 Å². The van der Waals surface area contributed by atoms with Crippen LogP contribution in [0.5, 0.6) is 5.75 Å². The molecule has 0 bridgehead atoms. The van der Waals surface area contributed by atoms with Gasteiger partial charge in [-0.2, -0.15) is 13.2 Å². The van der Waals surface area contributed by atoms with Crippen molar-refractivity contribution in [2.24, 2.45) is 0 Å². The van der Waals surface area contributed by atoms with Gasteiger partial charge in [0.05, 0.1) is 4.90 Å². The average Bonchev–Trinajstić information content (AvgIpc) is 2.44. The molecule has 0 saturated heterocycles. The highest BCUT2D eigenvalue weighted by Crippen LogP contribution is 2.25. The Labute approximate surface area is 129 Å². The summed E-state index contributed by atoms with van der Waals surface area (Å²) < 4.78 is 63.0. The molecule has 0 spiro atoms. The highest BCUT2D eigenvalue weighted by atomic mass is 35.7. The van der Waals surface area contributed by atoms with E-state index >= 15 is 0 Å². The summed E-state index contributed by atoms with van der Waals surface area (Å²) in [7, 11) is 1.43. The largest absolute Gasteiger partial charge is 0.484 e. The van der Waals surface area contributed by atoms with Crippen molar-refractivity contribution in [3.05, 3.63) is 48.5 Å². The topological polar surface area (TPSA) is 43.4 Å². The van der Waals surface area contributed by atoms with E-state index < -0.39 is 21.8 Å². The summed E-state index contributed by atoms with van der Waals surface area (Å²) in [6.45, 7) is -1.35. The molecule has 2 aromatic rings. The van der Waals surface area contributed by atoms with E-state index in [9.17, 15) is 21.6 Å². The molecule has 0 amide bonds. The van der Waals surface area contributed by atoms with Gasteiger partial charge in [0.2, 0.25) is 0 Å². The van der Waals surface area contributed by atoms with Crippen molar-refractivity contribution < 1.29 is 26.3 Å². The number of ether oxygens (including phenoxy) is 1. The van der Waals surface area contributed by atoms with Crippen molar-refractivity contribution in [1.29, 1.82) is 0 Å². The normalized spacial score (nSPS) is 12.2. The quantitative estimate of drug-likeness (QED) is 0.775. The second-order valence-electron chi connectivity index (χ2n) is 4.39. The van der Waals surface area contributed by atoms with E-state index in [0.717, 1.165) is 0 Å². The van der Waals surface area contributed by atoms with Crippen molar-refractivity contribution in [3.63, 3.8) is 0 Å². The van der Waals surface area contributed by atoms with E-state index in [2.05, 4.69) is 4.74 Å². The van der Waals surface area contributed by atoms with Crippen LogP contribution in [0.15, 0.2) is 53.4 Å². The first-order valence-electron chi connectivity index (χ1n) is 6.00. The Morgan fingerprint density at radius 1 is 0.909 bits per heavy atom. The second-order valence-corrected chi connectivity index (χ2v) is 6.96. The Kier molecular flexibility index (Phi) is 4.67. The number of hydrogen-bond donors (Lipinski definition) is 0. The van der Waals surface area contributed by atoms with Gasteiger partial charge in [0.25, 0.3) is 9.05 Å². The summed E-state index contributed by atoms with van der Waals surface area (Å²) in [5.41, 5.74) is 1.41. The van der Waals surface area contributed by atoms with Gasteiger partial charge in [0.1, 0.15) is 5.75 Å². The monoisotopic (exact) mass is 350 g/mol. The fraction of sp³-hybridized carbons (Fsp3) is 0.143. The number of alkyl halides is 3. The lowest BCUT2D eigenvalue weighted by molar-refractivity contribution is -0.153. The van der Waals surface area contributed by atoms with E-state index in [1.807, 2.05) is 0 Å². The van der Waals surface area contributed by atoms with E-state index in [-0.39, 0.29) is 10.6 Å². The predicted molar refractivity (Wildman–Crippen MR) is 76.5 cm³/mol. The fourth-order valence-corrected chi connectivity index (χ4v) is 2.49. The Morgan fingerprint density at radius 2 is 1.36 bits per heavy atom. The van der Waals surface area contributed by atoms with Crippen LogP contribution in [0.2, 0.25) is 0 Å². The lowest BCUT2D eigenvalue weighted by Crippen LogP contribution is -2.19. The van der Waals surface area contributed by atoms with Gasteiger partial charge in [-0.15, -0.1) is 0 Å². The van der Waals surface area contributed by atoms with Gasteiger partial charge in [-0.05, 0) is 35.4 Å². The molecular weight excluding hydrogens is 341 g/mol. The van der Waals surface area contributed by atoms with Gasteiger partial charge in [0.15, 0.2) is 6.61 Å².